The zero-order valence-corrected chi connectivity index (χ0v) is 8.48. The highest BCUT2D eigenvalue weighted by molar-refractivity contribution is 6.31. The molecule has 1 rings (SSSR count). The average molecular weight is 213 g/mol. The van der Waals surface area contributed by atoms with Crippen LogP contribution in [-0.2, 0) is 0 Å². The van der Waals surface area contributed by atoms with E-state index in [1.165, 1.54) is 6.07 Å². The lowest BCUT2D eigenvalue weighted by atomic mass is 10.2. The fraction of sp³-hybridized carbons (Fsp3) is 0.300. The molecule has 4 heteroatoms. The predicted octanol–water partition coefficient (Wildman–Crippen LogP) is 3.19. The highest BCUT2D eigenvalue weighted by atomic mass is 35.5. The predicted molar refractivity (Wildman–Crippen MR) is 54.7 cm³/mol. The van der Waals surface area contributed by atoms with Gasteiger partial charge >= 0.3 is 0 Å². The van der Waals surface area contributed by atoms with E-state index in [9.17, 15) is 4.39 Å². The molecule has 14 heavy (non-hydrogen) atoms. The molecule has 0 fully saturated rings. The number of halogens is 2. The first kappa shape index (κ1) is 10.8. The van der Waals surface area contributed by atoms with E-state index >= 15 is 0 Å². The van der Waals surface area contributed by atoms with Crippen LogP contribution in [0.25, 0.3) is 0 Å². The van der Waals surface area contributed by atoms with E-state index in [4.69, 9.17) is 16.9 Å². The first-order valence-electron chi connectivity index (χ1n) is 4.22. The Kier molecular flexibility index (Phi) is 3.73. The Morgan fingerprint density at radius 2 is 2.36 bits per heavy atom. The van der Waals surface area contributed by atoms with Crippen LogP contribution in [0.3, 0.4) is 0 Å². The molecule has 1 aromatic rings. The van der Waals surface area contributed by atoms with Gasteiger partial charge in [0.25, 0.3) is 0 Å². The molecule has 0 aliphatic heterocycles. The summed E-state index contributed by atoms with van der Waals surface area (Å²) in [6, 6.07) is 6.65. The molecule has 2 nitrogen and oxygen atoms in total. The Bertz CT molecular complexity index is 360. The van der Waals surface area contributed by atoms with E-state index in [0.29, 0.717) is 12.1 Å². The van der Waals surface area contributed by atoms with E-state index < -0.39 is 5.82 Å². The fourth-order valence-electron chi connectivity index (χ4n) is 1.07. The molecule has 0 spiro atoms. The van der Waals surface area contributed by atoms with Crippen LogP contribution in [0.2, 0.25) is 5.02 Å². The maximum atomic E-state index is 13.3. The number of nitrogens with zero attached hydrogens (tertiary/aromatic N) is 1. The lowest BCUT2D eigenvalue weighted by molar-refractivity contribution is 0.627. The Labute approximate surface area is 87.3 Å². The van der Waals surface area contributed by atoms with Gasteiger partial charge in [0.2, 0.25) is 0 Å². The molecular weight excluding hydrogens is 203 g/mol. The van der Waals surface area contributed by atoms with Crippen LogP contribution >= 0.6 is 11.6 Å². The quantitative estimate of drug-likeness (QED) is 0.835. The van der Waals surface area contributed by atoms with Crippen molar-refractivity contribution in [3.05, 3.63) is 29.0 Å². The van der Waals surface area contributed by atoms with Gasteiger partial charge in [-0.05, 0) is 19.1 Å². The summed E-state index contributed by atoms with van der Waals surface area (Å²) in [5.74, 6) is -0.473. The third-order valence-electron chi connectivity index (χ3n) is 1.75. The van der Waals surface area contributed by atoms with E-state index in [2.05, 4.69) is 5.32 Å². The highest BCUT2D eigenvalue weighted by Gasteiger charge is 2.08. The minimum Gasteiger partial charge on any atom is -0.379 e. The Morgan fingerprint density at radius 1 is 1.64 bits per heavy atom. The van der Waals surface area contributed by atoms with Crippen LogP contribution < -0.4 is 5.32 Å². The number of rotatable bonds is 3. The van der Waals surface area contributed by atoms with Gasteiger partial charge in [0.15, 0.2) is 5.82 Å². The normalized spacial score (nSPS) is 11.9. The van der Waals surface area contributed by atoms with Gasteiger partial charge in [-0.15, -0.1) is 0 Å². The van der Waals surface area contributed by atoms with Crippen molar-refractivity contribution >= 4 is 17.3 Å². The molecule has 0 bridgehead atoms. The molecule has 0 aliphatic rings. The van der Waals surface area contributed by atoms with E-state index in [1.807, 2.05) is 13.0 Å². The topological polar surface area (TPSA) is 35.8 Å². The summed E-state index contributed by atoms with van der Waals surface area (Å²) in [7, 11) is 0. The summed E-state index contributed by atoms with van der Waals surface area (Å²) in [6.07, 6.45) is 0.325. The van der Waals surface area contributed by atoms with Crippen LogP contribution in [0.4, 0.5) is 10.1 Å². The van der Waals surface area contributed by atoms with Crippen LogP contribution in [0.5, 0.6) is 0 Å². The maximum Gasteiger partial charge on any atom is 0.164 e. The third kappa shape index (κ3) is 2.61. The number of nitrogens with one attached hydrogen (secondary N) is 1. The number of anilines is 1. The van der Waals surface area contributed by atoms with E-state index in [1.54, 1.807) is 12.1 Å². The Morgan fingerprint density at radius 3 is 3.00 bits per heavy atom. The van der Waals surface area contributed by atoms with Crippen molar-refractivity contribution in [3.63, 3.8) is 0 Å². The molecule has 0 aliphatic carbocycles. The van der Waals surface area contributed by atoms with Crippen molar-refractivity contribution < 1.29 is 4.39 Å². The minimum absolute atomic E-state index is 0.0826. The fourth-order valence-corrected chi connectivity index (χ4v) is 1.24. The smallest absolute Gasteiger partial charge is 0.164 e. The number of hydrogen-bond acceptors (Lipinski definition) is 2. The lowest BCUT2D eigenvalue weighted by Gasteiger charge is -2.12. The van der Waals surface area contributed by atoms with Crippen LogP contribution in [0.15, 0.2) is 18.2 Å². The third-order valence-corrected chi connectivity index (χ3v) is 2.04. The summed E-state index contributed by atoms with van der Waals surface area (Å²) in [4.78, 5) is 0. The molecule has 0 amide bonds. The zero-order chi connectivity index (χ0) is 10.6. The first-order valence-corrected chi connectivity index (χ1v) is 4.60. The number of benzene rings is 1. The molecule has 0 saturated carbocycles. The molecule has 74 valence electrons. The van der Waals surface area contributed by atoms with Gasteiger partial charge in [-0.25, -0.2) is 4.39 Å². The summed E-state index contributed by atoms with van der Waals surface area (Å²) in [6.45, 7) is 1.81. The van der Waals surface area contributed by atoms with Crippen molar-refractivity contribution in [2.45, 2.75) is 19.4 Å². The minimum atomic E-state index is -0.473. The van der Waals surface area contributed by atoms with Crippen LogP contribution in [0, 0.1) is 17.1 Å². The van der Waals surface area contributed by atoms with Gasteiger partial charge < -0.3 is 5.32 Å². The lowest BCUT2D eigenvalue weighted by Crippen LogP contribution is -2.15. The SMILES string of the molecule is CC(CC#N)Nc1cccc(Cl)c1F. The summed E-state index contributed by atoms with van der Waals surface area (Å²) < 4.78 is 13.3. The highest BCUT2D eigenvalue weighted by Crippen LogP contribution is 2.22. The summed E-state index contributed by atoms with van der Waals surface area (Å²) >= 11 is 5.59. The van der Waals surface area contributed by atoms with Crippen molar-refractivity contribution in [2.24, 2.45) is 0 Å². The summed E-state index contributed by atoms with van der Waals surface area (Å²) in [5, 5.41) is 11.4. The van der Waals surface area contributed by atoms with Gasteiger partial charge in [0.1, 0.15) is 0 Å². The van der Waals surface area contributed by atoms with Crippen molar-refractivity contribution in [2.75, 3.05) is 5.32 Å². The van der Waals surface area contributed by atoms with Crippen molar-refractivity contribution in [3.8, 4) is 6.07 Å². The van der Waals surface area contributed by atoms with Crippen molar-refractivity contribution in [1.82, 2.24) is 0 Å². The molecule has 0 saturated heterocycles. The second kappa shape index (κ2) is 4.83. The Hall–Kier alpha value is -1.27. The van der Waals surface area contributed by atoms with Gasteiger partial charge in [-0.2, -0.15) is 5.26 Å². The standard InChI is InChI=1S/C10H10ClFN2/c1-7(5-6-13)14-9-4-2-3-8(11)10(9)12/h2-4,7,14H,5H2,1H3. The second-order valence-electron chi connectivity index (χ2n) is 3.01. The largest absolute Gasteiger partial charge is 0.379 e. The molecule has 0 heterocycles. The first-order chi connectivity index (χ1) is 6.65. The molecular formula is C10H10ClFN2. The molecule has 0 aromatic heterocycles. The van der Waals surface area contributed by atoms with Gasteiger partial charge in [-0.3, -0.25) is 0 Å². The van der Waals surface area contributed by atoms with Crippen molar-refractivity contribution in [1.29, 1.82) is 5.26 Å². The zero-order valence-electron chi connectivity index (χ0n) is 7.72. The van der Waals surface area contributed by atoms with Crippen LogP contribution in [-0.4, -0.2) is 6.04 Å². The van der Waals surface area contributed by atoms with E-state index in [-0.39, 0.29) is 11.1 Å². The molecule has 1 N–H and O–H groups in total. The van der Waals surface area contributed by atoms with Crippen LogP contribution in [0.1, 0.15) is 13.3 Å². The average Bonchev–Trinajstić information content (AvgIpc) is 2.13. The van der Waals surface area contributed by atoms with Gasteiger partial charge in [-0.1, -0.05) is 17.7 Å². The van der Waals surface area contributed by atoms with E-state index in [0.717, 1.165) is 0 Å². The number of nitriles is 1. The molecule has 1 aromatic carbocycles. The Balaban J connectivity index is 2.77. The molecule has 1 atom stereocenters. The second-order valence-corrected chi connectivity index (χ2v) is 3.42. The van der Waals surface area contributed by atoms with Gasteiger partial charge in [0.05, 0.1) is 23.2 Å². The molecule has 1 unspecified atom stereocenters. The van der Waals surface area contributed by atoms with Gasteiger partial charge in [0, 0.05) is 6.04 Å². The monoisotopic (exact) mass is 212 g/mol. The molecule has 0 radical (unpaired) electrons. The summed E-state index contributed by atoms with van der Waals surface area (Å²) in [5.41, 5.74) is 0.334. The maximum absolute atomic E-state index is 13.3. The number of hydrogen-bond donors (Lipinski definition) is 1.